The molecule has 2 rings (SSSR count). The minimum Gasteiger partial charge on any atom is -0.340 e. The van der Waals surface area contributed by atoms with Gasteiger partial charge < -0.3 is 4.90 Å². The summed E-state index contributed by atoms with van der Waals surface area (Å²) in [4.78, 5) is 15.4. The number of halogens is 3. The van der Waals surface area contributed by atoms with Crippen LogP contribution < -0.4 is 4.31 Å². The van der Waals surface area contributed by atoms with E-state index in [1.165, 1.54) is 9.80 Å². The molecule has 1 heterocycles. The third-order valence-corrected chi connectivity index (χ3v) is 5.53. The molecule has 0 spiro atoms. The molecule has 0 bridgehead atoms. The van der Waals surface area contributed by atoms with Crippen LogP contribution in [0.25, 0.3) is 0 Å². The molecule has 0 radical (unpaired) electrons. The molecule has 1 aliphatic heterocycles. The van der Waals surface area contributed by atoms with Crippen LogP contribution in [0, 0.1) is 6.92 Å². The summed E-state index contributed by atoms with van der Waals surface area (Å²) in [7, 11) is -3.69. The third-order valence-electron chi connectivity index (χ3n) is 4.41. The highest BCUT2D eigenvalue weighted by Crippen LogP contribution is 2.22. The lowest BCUT2D eigenvalue weighted by atomic mass is 10.2. The van der Waals surface area contributed by atoms with Crippen LogP contribution in [0.2, 0.25) is 0 Å². The first-order chi connectivity index (χ1) is 12.5. The van der Waals surface area contributed by atoms with E-state index in [1.807, 2.05) is 0 Å². The second-order valence-corrected chi connectivity index (χ2v) is 8.59. The molecule has 0 saturated carbocycles. The number of aryl methyl sites for hydroxylation is 1. The van der Waals surface area contributed by atoms with Crippen molar-refractivity contribution in [2.24, 2.45) is 0 Å². The van der Waals surface area contributed by atoms with E-state index in [9.17, 15) is 26.4 Å². The number of hydrogen-bond donors (Lipinski definition) is 0. The van der Waals surface area contributed by atoms with Gasteiger partial charge in [0.05, 0.1) is 18.5 Å². The number of anilines is 1. The molecule has 1 aromatic carbocycles. The van der Waals surface area contributed by atoms with E-state index < -0.39 is 28.7 Å². The van der Waals surface area contributed by atoms with Gasteiger partial charge in [-0.2, -0.15) is 13.2 Å². The zero-order valence-electron chi connectivity index (χ0n) is 15.4. The van der Waals surface area contributed by atoms with Crippen molar-refractivity contribution in [3.05, 3.63) is 29.8 Å². The summed E-state index contributed by atoms with van der Waals surface area (Å²) in [6.45, 7) is 1.17. The van der Waals surface area contributed by atoms with Gasteiger partial charge in [-0.1, -0.05) is 18.2 Å². The van der Waals surface area contributed by atoms with E-state index in [0.717, 1.165) is 10.6 Å². The molecular weight excluding hydrogens is 383 g/mol. The fourth-order valence-electron chi connectivity index (χ4n) is 3.08. The smallest absolute Gasteiger partial charge is 0.340 e. The molecule has 0 unspecified atom stereocenters. The molecule has 27 heavy (non-hydrogen) atoms. The molecule has 0 aromatic heterocycles. The fourth-order valence-corrected chi connectivity index (χ4v) is 3.99. The number of rotatable bonds is 5. The van der Waals surface area contributed by atoms with Crippen molar-refractivity contribution in [1.29, 1.82) is 0 Å². The Hall–Kier alpha value is -1.81. The maximum atomic E-state index is 12.7. The van der Waals surface area contributed by atoms with Crippen molar-refractivity contribution in [3.63, 3.8) is 0 Å². The first kappa shape index (κ1) is 21.5. The van der Waals surface area contributed by atoms with Crippen LogP contribution in [0.4, 0.5) is 18.9 Å². The lowest BCUT2D eigenvalue weighted by Gasteiger charge is -2.27. The normalized spacial score (nSPS) is 16.9. The predicted molar refractivity (Wildman–Crippen MR) is 97.1 cm³/mol. The van der Waals surface area contributed by atoms with Crippen LogP contribution >= 0.6 is 0 Å². The molecule has 1 saturated heterocycles. The second kappa shape index (κ2) is 8.47. The first-order valence-electron chi connectivity index (χ1n) is 8.57. The van der Waals surface area contributed by atoms with Crippen LogP contribution in [0.5, 0.6) is 0 Å². The summed E-state index contributed by atoms with van der Waals surface area (Å²) in [5, 5.41) is 0. The van der Waals surface area contributed by atoms with Gasteiger partial charge in [0.15, 0.2) is 0 Å². The molecule has 10 heteroatoms. The predicted octanol–water partition coefficient (Wildman–Crippen LogP) is 1.86. The van der Waals surface area contributed by atoms with Gasteiger partial charge in [-0.3, -0.25) is 14.0 Å². The summed E-state index contributed by atoms with van der Waals surface area (Å²) in [5.74, 6) is -0.419. The van der Waals surface area contributed by atoms with Crippen LogP contribution in [0.3, 0.4) is 0 Å². The lowest BCUT2D eigenvalue weighted by molar-refractivity contribution is -0.145. The van der Waals surface area contributed by atoms with Gasteiger partial charge in [0.25, 0.3) is 0 Å². The number of benzene rings is 1. The Kier molecular flexibility index (Phi) is 6.74. The molecule has 1 aromatic rings. The number of amides is 1. The standard InChI is InChI=1S/C17H24F3N3O3S/c1-14-6-3-4-7-15(14)23(27(2,25)26)12-16(24)22-9-5-8-21(10-11-22)13-17(18,19)20/h3-4,6-7H,5,8-13H2,1-2H3. The minimum atomic E-state index is -4.28. The highest BCUT2D eigenvalue weighted by atomic mass is 32.2. The minimum absolute atomic E-state index is 0.106. The fraction of sp³-hybridized carbons (Fsp3) is 0.588. The van der Waals surface area contributed by atoms with E-state index in [0.29, 0.717) is 24.2 Å². The van der Waals surface area contributed by atoms with E-state index >= 15 is 0 Å². The van der Waals surface area contributed by atoms with E-state index in [4.69, 9.17) is 0 Å². The maximum absolute atomic E-state index is 12.7. The summed E-state index contributed by atoms with van der Waals surface area (Å²) in [6, 6.07) is 6.83. The topological polar surface area (TPSA) is 60.9 Å². The van der Waals surface area contributed by atoms with Gasteiger partial charge in [0, 0.05) is 26.2 Å². The zero-order chi connectivity index (χ0) is 20.2. The van der Waals surface area contributed by atoms with Crippen LogP contribution in [-0.4, -0.2) is 75.8 Å². The summed E-state index contributed by atoms with van der Waals surface area (Å²) < 4.78 is 63.1. The van der Waals surface area contributed by atoms with Crippen LogP contribution in [-0.2, 0) is 14.8 Å². The molecule has 0 atom stereocenters. The van der Waals surface area contributed by atoms with Crippen LogP contribution in [0.1, 0.15) is 12.0 Å². The Morgan fingerprint density at radius 3 is 2.41 bits per heavy atom. The molecule has 6 nitrogen and oxygen atoms in total. The third kappa shape index (κ3) is 6.39. The number of para-hydroxylation sites is 1. The molecule has 0 aliphatic carbocycles. The Labute approximate surface area is 157 Å². The second-order valence-electron chi connectivity index (χ2n) is 6.68. The van der Waals surface area contributed by atoms with Crippen molar-refractivity contribution in [2.45, 2.75) is 19.5 Å². The number of carbonyl (C=O) groups is 1. The quantitative estimate of drug-likeness (QED) is 0.748. The highest BCUT2D eigenvalue weighted by molar-refractivity contribution is 7.92. The average Bonchev–Trinajstić information content (AvgIpc) is 2.76. The number of sulfonamides is 1. The highest BCUT2D eigenvalue weighted by Gasteiger charge is 2.32. The zero-order valence-corrected chi connectivity index (χ0v) is 16.2. The Balaban J connectivity index is 2.09. The van der Waals surface area contributed by atoms with Gasteiger partial charge in [0.1, 0.15) is 6.54 Å². The van der Waals surface area contributed by atoms with Crippen molar-refractivity contribution in [1.82, 2.24) is 9.80 Å². The van der Waals surface area contributed by atoms with Gasteiger partial charge in [-0.05, 0) is 25.0 Å². The largest absolute Gasteiger partial charge is 0.401 e. The van der Waals surface area contributed by atoms with E-state index in [2.05, 4.69) is 0 Å². The number of hydrogen-bond acceptors (Lipinski definition) is 4. The molecule has 1 fully saturated rings. The number of alkyl halides is 3. The summed E-state index contributed by atoms with van der Waals surface area (Å²) >= 11 is 0. The Morgan fingerprint density at radius 2 is 1.81 bits per heavy atom. The molecule has 1 aliphatic rings. The lowest BCUT2D eigenvalue weighted by Crippen LogP contribution is -2.44. The van der Waals surface area contributed by atoms with E-state index in [-0.39, 0.29) is 26.2 Å². The van der Waals surface area contributed by atoms with Gasteiger partial charge in [-0.25, -0.2) is 8.42 Å². The molecule has 1 amide bonds. The monoisotopic (exact) mass is 407 g/mol. The molecule has 152 valence electrons. The summed E-state index contributed by atoms with van der Waals surface area (Å²) in [5.41, 5.74) is 1.13. The number of carbonyl (C=O) groups excluding carboxylic acids is 1. The van der Waals surface area contributed by atoms with Gasteiger partial charge in [-0.15, -0.1) is 0 Å². The maximum Gasteiger partial charge on any atom is 0.401 e. The Bertz CT molecular complexity index is 768. The molecule has 0 N–H and O–H groups in total. The average molecular weight is 407 g/mol. The Morgan fingerprint density at radius 1 is 1.15 bits per heavy atom. The van der Waals surface area contributed by atoms with E-state index in [1.54, 1.807) is 31.2 Å². The van der Waals surface area contributed by atoms with Crippen molar-refractivity contribution in [2.75, 3.05) is 49.8 Å². The van der Waals surface area contributed by atoms with Crippen molar-refractivity contribution < 1.29 is 26.4 Å². The summed E-state index contributed by atoms with van der Waals surface area (Å²) in [6.07, 6.45) is -2.84. The first-order valence-corrected chi connectivity index (χ1v) is 10.4. The SMILES string of the molecule is Cc1ccccc1N(CC(=O)N1CCCN(CC(F)(F)F)CC1)S(C)(=O)=O. The van der Waals surface area contributed by atoms with Crippen LogP contribution in [0.15, 0.2) is 24.3 Å². The van der Waals surface area contributed by atoms with Gasteiger partial charge >= 0.3 is 6.18 Å². The molecular formula is C17H24F3N3O3S. The number of nitrogens with zero attached hydrogens (tertiary/aromatic N) is 3. The van der Waals surface area contributed by atoms with Crippen molar-refractivity contribution >= 4 is 21.6 Å². The van der Waals surface area contributed by atoms with Gasteiger partial charge in [0.2, 0.25) is 15.9 Å². The van der Waals surface area contributed by atoms with Crippen molar-refractivity contribution in [3.8, 4) is 0 Å².